The zero-order valence-electron chi connectivity index (χ0n) is 11.2. The van der Waals surface area contributed by atoms with Gasteiger partial charge < -0.3 is 9.26 Å². The van der Waals surface area contributed by atoms with Gasteiger partial charge in [-0.15, -0.1) is 0 Å². The van der Waals surface area contributed by atoms with Crippen molar-refractivity contribution >= 4 is 15.7 Å². The van der Waals surface area contributed by atoms with Crippen LogP contribution in [-0.2, 0) is 15.8 Å². The van der Waals surface area contributed by atoms with E-state index in [1.807, 2.05) is 0 Å². The number of anilines is 1. The largest absolute Gasteiger partial charge is 0.484 e. The molecule has 1 aromatic heterocycles. The smallest absolute Gasteiger partial charge is 0.241 e. The predicted octanol–water partition coefficient (Wildman–Crippen LogP) is 1.93. The molecule has 0 N–H and O–H groups in total. The first kappa shape index (κ1) is 13.9. The van der Waals surface area contributed by atoms with Crippen LogP contribution in [0.15, 0.2) is 35.1 Å². The molecule has 2 aromatic rings. The molecular formula is C13H13FN2O4S. The van der Waals surface area contributed by atoms with Gasteiger partial charge in [0.25, 0.3) is 0 Å². The van der Waals surface area contributed by atoms with E-state index in [1.54, 1.807) is 6.92 Å². The molecule has 0 spiro atoms. The van der Waals surface area contributed by atoms with E-state index in [9.17, 15) is 12.8 Å². The number of rotatable bonds is 3. The second-order valence-corrected chi connectivity index (χ2v) is 6.69. The molecule has 2 heterocycles. The maximum Gasteiger partial charge on any atom is 0.241 e. The Hall–Kier alpha value is -2.09. The third-order valence-corrected chi connectivity index (χ3v) is 4.79. The van der Waals surface area contributed by atoms with Crippen LogP contribution in [0.25, 0.3) is 0 Å². The second-order valence-electron chi connectivity index (χ2n) is 4.79. The molecule has 0 amide bonds. The molecule has 0 bridgehead atoms. The zero-order chi connectivity index (χ0) is 15.0. The SMILES string of the molecule is CC1CN(S(=O)(=O)Cc2ccon2)c2cccc(F)c2O1. The molecule has 21 heavy (non-hydrogen) atoms. The Bertz CT molecular complexity index is 746. The van der Waals surface area contributed by atoms with Crippen LogP contribution in [0.2, 0.25) is 0 Å². The van der Waals surface area contributed by atoms with E-state index in [-0.39, 0.29) is 23.7 Å². The number of para-hydroxylation sites is 1. The van der Waals surface area contributed by atoms with Crippen LogP contribution in [0.5, 0.6) is 5.75 Å². The van der Waals surface area contributed by atoms with Crippen LogP contribution in [0.3, 0.4) is 0 Å². The summed E-state index contributed by atoms with van der Waals surface area (Å²) < 4.78 is 50.1. The molecule has 0 aliphatic carbocycles. The minimum absolute atomic E-state index is 0.0417. The second kappa shape index (κ2) is 5.03. The molecule has 1 atom stereocenters. The summed E-state index contributed by atoms with van der Waals surface area (Å²) in [4.78, 5) is 0. The zero-order valence-corrected chi connectivity index (χ0v) is 12.0. The highest BCUT2D eigenvalue weighted by Crippen LogP contribution is 2.37. The van der Waals surface area contributed by atoms with Crippen LogP contribution >= 0.6 is 0 Å². The van der Waals surface area contributed by atoms with E-state index >= 15 is 0 Å². The molecule has 0 radical (unpaired) electrons. The number of ether oxygens (including phenoxy) is 1. The molecule has 3 rings (SSSR count). The van der Waals surface area contributed by atoms with Gasteiger partial charge in [-0.25, -0.2) is 12.8 Å². The fraction of sp³-hybridized carbons (Fsp3) is 0.308. The first-order valence-corrected chi connectivity index (χ1v) is 7.93. The Labute approximate surface area is 121 Å². The predicted molar refractivity (Wildman–Crippen MR) is 73.0 cm³/mol. The van der Waals surface area contributed by atoms with Gasteiger partial charge in [0, 0.05) is 6.07 Å². The minimum Gasteiger partial charge on any atom is -0.484 e. The lowest BCUT2D eigenvalue weighted by Crippen LogP contribution is -2.43. The molecule has 112 valence electrons. The fourth-order valence-corrected chi connectivity index (χ4v) is 3.78. The summed E-state index contributed by atoms with van der Waals surface area (Å²) in [6.07, 6.45) is 0.863. The van der Waals surface area contributed by atoms with Crippen LogP contribution in [0.1, 0.15) is 12.6 Å². The maximum absolute atomic E-state index is 13.8. The number of hydrogen-bond acceptors (Lipinski definition) is 5. The lowest BCUT2D eigenvalue weighted by Gasteiger charge is -2.33. The summed E-state index contributed by atoms with van der Waals surface area (Å²) in [5, 5.41) is 3.60. The molecule has 1 aromatic carbocycles. The van der Waals surface area contributed by atoms with E-state index in [1.165, 1.54) is 30.5 Å². The number of aromatic nitrogens is 1. The van der Waals surface area contributed by atoms with Gasteiger partial charge in [-0.05, 0) is 19.1 Å². The van der Waals surface area contributed by atoms with E-state index in [2.05, 4.69) is 9.68 Å². The van der Waals surface area contributed by atoms with Gasteiger partial charge in [-0.1, -0.05) is 11.2 Å². The van der Waals surface area contributed by atoms with Crippen molar-refractivity contribution in [2.45, 2.75) is 18.8 Å². The summed E-state index contributed by atoms with van der Waals surface area (Å²) in [6, 6.07) is 5.68. The molecule has 1 aliphatic heterocycles. The maximum atomic E-state index is 13.8. The van der Waals surface area contributed by atoms with Crippen molar-refractivity contribution in [2.75, 3.05) is 10.8 Å². The van der Waals surface area contributed by atoms with Crippen LogP contribution in [0, 0.1) is 5.82 Å². The van der Waals surface area contributed by atoms with Gasteiger partial charge in [-0.3, -0.25) is 4.31 Å². The molecule has 8 heteroatoms. The molecule has 1 unspecified atom stereocenters. The molecule has 0 saturated heterocycles. The summed E-state index contributed by atoms with van der Waals surface area (Å²) in [7, 11) is -3.71. The number of hydrogen-bond donors (Lipinski definition) is 0. The first-order chi connectivity index (χ1) is 9.97. The van der Waals surface area contributed by atoms with E-state index in [0.29, 0.717) is 5.69 Å². The Morgan fingerprint density at radius 2 is 2.24 bits per heavy atom. The third-order valence-electron chi connectivity index (χ3n) is 3.11. The highest BCUT2D eigenvalue weighted by atomic mass is 32.2. The van der Waals surface area contributed by atoms with Gasteiger partial charge in [0.1, 0.15) is 23.8 Å². The average Bonchev–Trinajstić information content (AvgIpc) is 2.91. The standard InChI is InChI=1S/C13H13FN2O4S/c1-9-7-16(12-4-2-3-11(14)13(12)20-9)21(17,18)8-10-5-6-19-15-10/h2-6,9H,7-8H2,1H3. The van der Waals surface area contributed by atoms with E-state index < -0.39 is 21.9 Å². The van der Waals surface area contributed by atoms with Crippen molar-refractivity contribution in [3.05, 3.63) is 42.0 Å². The quantitative estimate of drug-likeness (QED) is 0.866. The lowest BCUT2D eigenvalue weighted by atomic mass is 10.2. The number of nitrogens with zero attached hydrogens (tertiary/aromatic N) is 2. The van der Waals surface area contributed by atoms with Crippen LogP contribution in [0.4, 0.5) is 10.1 Å². The normalized spacial score (nSPS) is 18.2. The van der Waals surface area contributed by atoms with Gasteiger partial charge in [0.05, 0.1) is 12.2 Å². The van der Waals surface area contributed by atoms with Crippen molar-refractivity contribution < 1.29 is 22.1 Å². The number of fused-ring (bicyclic) bond motifs is 1. The molecule has 1 aliphatic rings. The summed E-state index contributed by atoms with van der Waals surface area (Å²) in [6.45, 7) is 1.81. The van der Waals surface area contributed by atoms with Crippen molar-refractivity contribution in [1.29, 1.82) is 0 Å². The minimum atomic E-state index is -3.71. The van der Waals surface area contributed by atoms with Gasteiger partial charge in [0.15, 0.2) is 11.6 Å². The van der Waals surface area contributed by atoms with Crippen molar-refractivity contribution in [3.63, 3.8) is 0 Å². The Morgan fingerprint density at radius 1 is 1.43 bits per heavy atom. The van der Waals surface area contributed by atoms with Gasteiger partial charge in [-0.2, -0.15) is 0 Å². The molecule has 0 saturated carbocycles. The van der Waals surface area contributed by atoms with E-state index in [0.717, 1.165) is 4.31 Å². The topological polar surface area (TPSA) is 72.6 Å². The van der Waals surface area contributed by atoms with Crippen LogP contribution < -0.4 is 9.04 Å². The Kier molecular flexibility index (Phi) is 3.32. The number of halogens is 1. The number of benzene rings is 1. The highest BCUT2D eigenvalue weighted by molar-refractivity contribution is 7.92. The van der Waals surface area contributed by atoms with Crippen molar-refractivity contribution in [3.8, 4) is 5.75 Å². The third kappa shape index (κ3) is 2.58. The van der Waals surface area contributed by atoms with Gasteiger partial charge >= 0.3 is 0 Å². The first-order valence-electron chi connectivity index (χ1n) is 6.32. The molecule has 0 fully saturated rings. The summed E-state index contributed by atoms with van der Waals surface area (Å²) in [5.41, 5.74) is 0.503. The molecular weight excluding hydrogens is 299 g/mol. The van der Waals surface area contributed by atoms with Crippen molar-refractivity contribution in [1.82, 2.24) is 5.16 Å². The van der Waals surface area contributed by atoms with Crippen LogP contribution in [-0.4, -0.2) is 26.2 Å². The lowest BCUT2D eigenvalue weighted by molar-refractivity contribution is 0.209. The summed E-state index contributed by atoms with van der Waals surface area (Å²) in [5.74, 6) is -0.938. The fourth-order valence-electron chi connectivity index (χ4n) is 2.22. The molecule has 6 nitrogen and oxygen atoms in total. The highest BCUT2D eigenvalue weighted by Gasteiger charge is 2.33. The number of sulfonamides is 1. The van der Waals surface area contributed by atoms with Gasteiger partial charge in [0.2, 0.25) is 10.0 Å². The Morgan fingerprint density at radius 3 is 2.95 bits per heavy atom. The van der Waals surface area contributed by atoms with E-state index in [4.69, 9.17) is 4.74 Å². The van der Waals surface area contributed by atoms with Crippen molar-refractivity contribution in [2.24, 2.45) is 0 Å². The summed E-state index contributed by atoms with van der Waals surface area (Å²) >= 11 is 0. The monoisotopic (exact) mass is 312 g/mol. The average molecular weight is 312 g/mol. The Balaban J connectivity index is 2.01.